The Morgan fingerprint density at radius 2 is 1.73 bits per heavy atom. The summed E-state index contributed by atoms with van der Waals surface area (Å²) in [7, 11) is 2.00. The van der Waals surface area contributed by atoms with E-state index in [9.17, 15) is 14.7 Å². The summed E-state index contributed by atoms with van der Waals surface area (Å²) in [4.78, 5) is 29.8. The SMILES string of the molecule is Cc1cccc2c1c(Cn1c(=O)n(CC(C(=O)O)c3cccnc3)c3ccccc31)cn2C. The largest absolute Gasteiger partial charge is 0.481 e. The van der Waals surface area contributed by atoms with Gasteiger partial charge < -0.3 is 9.67 Å². The van der Waals surface area contributed by atoms with Crippen LogP contribution in [0.1, 0.15) is 22.6 Å². The molecule has 0 amide bonds. The van der Waals surface area contributed by atoms with E-state index in [1.807, 2.05) is 37.4 Å². The van der Waals surface area contributed by atoms with E-state index in [0.717, 1.165) is 33.1 Å². The first kappa shape index (κ1) is 20.8. The zero-order chi connectivity index (χ0) is 23.1. The molecule has 7 heteroatoms. The second-order valence-electron chi connectivity index (χ2n) is 8.38. The first-order chi connectivity index (χ1) is 16.0. The minimum absolute atomic E-state index is 0.0297. The van der Waals surface area contributed by atoms with Gasteiger partial charge in [-0.2, -0.15) is 0 Å². The molecule has 1 N–H and O–H groups in total. The number of carboxylic acids is 1. The number of aromatic nitrogens is 4. The standard InChI is InChI=1S/C26H24N4O3/c1-17-7-5-11-23-24(17)19(14-28(23)2)15-29-21-9-3-4-10-22(21)30(26(29)33)16-20(25(31)32)18-8-6-12-27-13-18/h3-14,20H,15-16H2,1-2H3,(H,31,32). The van der Waals surface area contributed by atoms with E-state index in [1.54, 1.807) is 33.7 Å². The summed E-state index contributed by atoms with van der Waals surface area (Å²) < 4.78 is 5.38. The molecule has 5 rings (SSSR count). The van der Waals surface area contributed by atoms with Crippen LogP contribution in [0.15, 0.2) is 78.0 Å². The summed E-state index contributed by atoms with van der Waals surface area (Å²) in [5, 5.41) is 11.0. The number of para-hydroxylation sites is 2. The van der Waals surface area contributed by atoms with Crippen LogP contribution in [0.5, 0.6) is 0 Å². The lowest BCUT2D eigenvalue weighted by atomic mass is 10.0. The second kappa shape index (κ2) is 8.09. The molecule has 0 bridgehead atoms. The molecular formula is C26H24N4O3. The van der Waals surface area contributed by atoms with Crippen molar-refractivity contribution < 1.29 is 9.90 Å². The number of imidazole rings is 1. The number of aliphatic carboxylic acids is 1. The molecular weight excluding hydrogens is 416 g/mol. The van der Waals surface area contributed by atoms with Gasteiger partial charge in [-0.3, -0.25) is 18.9 Å². The monoisotopic (exact) mass is 440 g/mol. The molecule has 7 nitrogen and oxygen atoms in total. The van der Waals surface area contributed by atoms with Gasteiger partial charge in [0.15, 0.2) is 0 Å². The summed E-state index contributed by atoms with van der Waals surface area (Å²) in [6.07, 6.45) is 5.21. The van der Waals surface area contributed by atoms with Crippen molar-refractivity contribution in [3.63, 3.8) is 0 Å². The normalized spacial score (nSPS) is 12.4. The van der Waals surface area contributed by atoms with Gasteiger partial charge in [-0.25, -0.2) is 4.79 Å². The van der Waals surface area contributed by atoms with Crippen LogP contribution in [0.4, 0.5) is 0 Å². The van der Waals surface area contributed by atoms with E-state index in [1.165, 1.54) is 0 Å². The summed E-state index contributed by atoms with van der Waals surface area (Å²) >= 11 is 0. The number of aryl methyl sites for hydroxylation is 2. The highest BCUT2D eigenvalue weighted by Gasteiger charge is 2.24. The number of hydrogen-bond donors (Lipinski definition) is 1. The van der Waals surface area contributed by atoms with E-state index in [-0.39, 0.29) is 12.2 Å². The Labute approximate surface area is 190 Å². The van der Waals surface area contributed by atoms with Crippen molar-refractivity contribution in [3.8, 4) is 0 Å². The highest BCUT2D eigenvalue weighted by atomic mass is 16.4. The second-order valence-corrected chi connectivity index (χ2v) is 8.38. The number of hydrogen-bond acceptors (Lipinski definition) is 3. The Morgan fingerprint density at radius 1 is 1.00 bits per heavy atom. The lowest BCUT2D eigenvalue weighted by Crippen LogP contribution is -2.29. The third-order valence-electron chi connectivity index (χ3n) is 6.31. The fraction of sp³-hybridized carbons (Fsp3) is 0.192. The van der Waals surface area contributed by atoms with Crippen molar-refractivity contribution in [2.75, 3.05) is 0 Å². The smallest absolute Gasteiger partial charge is 0.329 e. The van der Waals surface area contributed by atoms with Crippen LogP contribution >= 0.6 is 0 Å². The number of nitrogens with zero attached hydrogens (tertiary/aromatic N) is 4. The van der Waals surface area contributed by atoms with Gasteiger partial charge in [-0.15, -0.1) is 0 Å². The Bertz CT molecular complexity index is 1540. The minimum Gasteiger partial charge on any atom is -0.481 e. The van der Waals surface area contributed by atoms with Gasteiger partial charge in [0.1, 0.15) is 5.92 Å². The van der Waals surface area contributed by atoms with Crippen LogP contribution in [0.25, 0.3) is 21.9 Å². The minimum atomic E-state index is -0.989. The third-order valence-corrected chi connectivity index (χ3v) is 6.31. The molecule has 3 heterocycles. The van der Waals surface area contributed by atoms with Crippen LogP contribution < -0.4 is 5.69 Å². The molecule has 0 aliphatic rings. The van der Waals surface area contributed by atoms with Gasteiger partial charge >= 0.3 is 11.7 Å². The first-order valence-electron chi connectivity index (χ1n) is 10.8. The van der Waals surface area contributed by atoms with Gasteiger partial charge in [-0.05, 0) is 47.9 Å². The Kier molecular flexibility index (Phi) is 5.09. The molecule has 1 unspecified atom stereocenters. The van der Waals surface area contributed by atoms with Crippen LogP contribution in [-0.4, -0.2) is 29.8 Å². The van der Waals surface area contributed by atoms with Crippen molar-refractivity contribution in [1.82, 2.24) is 18.7 Å². The summed E-state index contributed by atoms with van der Waals surface area (Å²) in [5.41, 5.74) is 5.16. The van der Waals surface area contributed by atoms with Crippen molar-refractivity contribution in [2.45, 2.75) is 25.9 Å². The maximum absolute atomic E-state index is 13.6. The molecule has 33 heavy (non-hydrogen) atoms. The highest BCUT2D eigenvalue weighted by Crippen LogP contribution is 2.26. The quantitative estimate of drug-likeness (QED) is 0.434. The van der Waals surface area contributed by atoms with E-state index < -0.39 is 11.9 Å². The van der Waals surface area contributed by atoms with Gasteiger partial charge in [0.25, 0.3) is 0 Å². The van der Waals surface area contributed by atoms with Crippen molar-refractivity contribution in [2.24, 2.45) is 7.05 Å². The molecule has 0 fully saturated rings. The third kappa shape index (κ3) is 3.51. The zero-order valence-corrected chi connectivity index (χ0v) is 18.5. The average Bonchev–Trinajstić information content (AvgIpc) is 3.27. The fourth-order valence-electron chi connectivity index (χ4n) is 4.71. The molecule has 5 aromatic rings. The van der Waals surface area contributed by atoms with Crippen molar-refractivity contribution >= 4 is 27.9 Å². The summed E-state index contributed by atoms with van der Waals surface area (Å²) in [6.45, 7) is 2.50. The molecule has 3 aromatic heterocycles. The number of carbonyl (C=O) groups is 1. The molecule has 0 spiro atoms. The molecule has 0 aliphatic heterocycles. The highest BCUT2D eigenvalue weighted by molar-refractivity contribution is 5.87. The predicted octanol–water partition coefficient (Wildman–Crippen LogP) is 3.91. The average molecular weight is 441 g/mol. The molecule has 2 aromatic carbocycles. The summed E-state index contributed by atoms with van der Waals surface area (Å²) in [6, 6.07) is 17.2. The fourth-order valence-corrected chi connectivity index (χ4v) is 4.71. The molecule has 1 atom stereocenters. The van der Waals surface area contributed by atoms with E-state index in [2.05, 4.69) is 34.8 Å². The molecule has 166 valence electrons. The van der Waals surface area contributed by atoms with E-state index >= 15 is 0 Å². The first-order valence-corrected chi connectivity index (χ1v) is 10.8. The van der Waals surface area contributed by atoms with Crippen LogP contribution in [-0.2, 0) is 24.9 Å². The maximum Gasteiger partial charge on any atom is 0.329 e. The zero-order valence-electron chi connectivity index (χ0n) is 18.5. The number of carboxylic acid groups (broad SMARTS) is 1. The maximum atomic E-state index is 13.6. The number of rotatable bonds is 6. The predicted molar refractivity (Wildman–Crippen MR) is 128 cm³/mol. The Morgan fingerprint density at radius 3 is 2.42 bits per heavy atom. The number of benzene rings is 2. The van der Waals surface area contributed by atoms with Gasteiger partial charge in [0.2, 0.25) is 0 Å². The summed E-state index contributed by atoms with van der Waals surface area (Å²) in [5.74, 6) is -1.87. The van der Waals surface area contributed by atoms with Crippen LogP contribution in [0.2, 0.25) is 0 Å². The van der Waals surface area contributed by atoms with Gasteiger partial charge in [0.05, 0.1) is 17.6 Å². The molecule has 0 radical (unpaired) electrons. The van der Waals surface area contributed by atoms with E-state index in [0.29, 0.717) is 12.1 Å². The van der Waals surface area contributed by atoms with Crippen molar-refractivity contribution in [3.05, 3.63) is 100 Å². The Hall–Kier alpha value is -4.13. The van der Waals surface area contributed by atoms with Gasteiger partial charge in [0, 0.05) is 43.1 Å². The van der Waals surface area contributed by atoms with Gasteiger partial charge in [-0.1, -0.05) is 30.3 Å². The lowest BCUT2D eigenvalue weighted by Gasteiger charge is -2.13. The van der Waals surface area contributed by atoms with Crippen LogP contribution in [0, 0.1) is 6.92 Å². The molecule has 0 saturated heterocycles. The van der Waals surface area contributed by atoms with E-state index in [4.69, 9.17) is 0 Å². The lowest BCUT2D eigenvalue weighted by molar-refractivity contribution is -0.139. The Balaban J connectivity index is 1.64. The topological polar surface area (TPSA) is 82.1 Å². The number of fused-ring (bicyclic) bond motifs is 2. The van der Waals surface area contributed by atoms with Crippen LogP contribution in [0.3, 0.4) is 0 Å². The van der Waals surface area contributed by atoms with Crippen molar-refractivity contribution in [1.29, 1.82) is 0 Å². The number of pyridine rings is 1. The molecule has 0 saturated carbocycles. The molecule has 0 aliphatic carbocycles.